The van der Waals surface area contributed by atoms with E-state index in [0.717, 1.165) is 11.4 Å². The number of carbonyl (C=O) groups excluding carboxylic acids is 1. The molecule has 0 aliphatic carbocycles. The zero-order chi connectivity index (χ0) is 18.5. The number of hydrogen-bond donors (Lipinski definition) is 2. The van der Waals surface area contributed by atoms with E-state index in [1.54, 1.807) is 55.8 Å². The van der Waals surface area contributed by atoms with Crippen LogP contribution in [0.2, 0.25) is 10.0 Å². The molecule has 7 heteroatoms. The summed E-state index contributed by atoms with van der Waals surface area (Å²) in [5.74, 6) is 0.802. The minimum Gasteiger partial charge on any atom is -0.495 e. The van der Waals surface area contributed by atoms with Crippen molar-refractivity contribution in [3.05, 3.63) is 76.4 Å². The van der Waals surface area contributed by atoms with Crippen LogP contribution < -0.4 is 15.4 Å². The minimum absolute atomic E-state index is 0.253. The van der Waals surface area contributed by atoms with Gasteiger partial charge in [0.05, 0.1) is 24.0 Å². The van der Waals surface area contributed by atoms with Crippen molar-refractivity contribution in [2.45, 2.75) is 0 Å². The number of amides is 1. The summed E-state index contributed by atoms with van der Waals surface area (Å²) in [6.45, 7) is 0. The summed E-state index contributed by atoms with van der Waals surface area (Å²) < 4.78 is 5.13. The third-order valence-electron chi connectivity index (χ3n) is 3.55. The molecule has 0 fully saturated rings. The smallest absolute Gasteiger partial charge is 0.256 e. The number of methoxy groups -OCH3 is 1. The first kappa shape index (κ1) is 18.0. The number of nitrogens with one attached hydrogen (secondary N) is 2. The highest BCUT2D eigenvalue weighted by Crippen LogP contribution is 2.28. The topological polar surface area (TPSA) is 63.2 Å². The first-order valence-corrected chi connectivity index (χ1v) is 8.44. The van der Waals surface area contributed by atoms with Gasteiger partial charge in [-0.2, -0.15) is 0 Å². The molecule has 132 valence electrons. The second-order valence-electron chi connectivity index (χ2n) is 5.37. The molecule has 0 aliphatic heterocycles. The monoisotopic (exact) mass is 387 g/mol. The summed E-state index contributed by atoms with van der Waals surface area (Å²) in [4.78, 5) is 16.4. The number of rotatable bonds is 5. The van der Waals surface area contributed by atoms with E-state index in [0.29, 0.717) is 27.2 Å². The lowest BCUT2D eigenvalue weighted by Gasteiger charge is -2.10. The number of nitrogens with zero attached hydrogens (tertiary/aromatic N) is 1. The van der Waals surface area contributed by atoms with Gasteiger partial charge in [-0.1, -0.05) is 23.2 Å². The number of carbonyl (C=O) groups is 1. The number of ether oxygens (including phenoxy) is 1. The van der Waals surface area contributed by atoms with Gasteiger partial charge in [-0.05, 0) is 54.6 Å². The van der Waals surface area contributed by atoms with Crippen LogP contribution in [-0.2, 0) is 0 Å². The summed E-state index contributed by atoms with van der Waals surface area (Å²) in [5, 5.41) is 7.01. The maximum atomic E-state index is 12.2. The van der Waals surface area contributed by atoms with Gasteiger partial charge in [0.2, 0.25) is 0 Å². The molecule has 2 N–H and O–H groups in total. The molecule has 0 unspecified atom stereocenters. The number of benzene rings is 2. The summed E-state index contributed by atoms with van der Waals surface area (Å²) in [7, 11) is 1.56. The molecule has 26 heavy (non-hydrogen) atoms. The lowest BCUT2D eigenvalue weighted by Crippen LogP contribution is -2.12. The first-order chi connectivity index (χ1) is 12.5. The average molecular weight is 388 g/mol. The predicted octanol–water partition coefficient (Wildman–Crippen LogP) is 5.39. The van der Waals surface area contributed by atoms with Crippen molar-refractivity contribution in [1.82, 2.24) is 4.98 Å². The highest BCUT2D eigenvalue weighted by molar-refractivity contribution is 6.32. The van der Waals surface area contributed by atoms with Crippen LogP contribution in [0.4, 0.5) is 17.2 Å². The van der Waals surface area contributed by atoms with Gasteiger partial charge >= 0.3 is 0 Å². The summed E-state index contributed by atoms with van der Waals surface area (Å²) in [5.41, 5.74) is 2.07. The zero-order valence-corrected chi connectivity index (χ0v) is 15.3. The maximum absolute atomic E-state index is 12.2. The number of halogens is 2. The Morgan fingerprint density at radius 1 is 1.00 bits per heavy atom. The van der Waals surface area contributed by atoms with Crippen LogP contribution in [0, 0.1) is 0 Å². The van der Waals surface area contributed by atoms with E-state index >= 15 is 0 Å². The molecule has 0 saturated heterocycles. The van der Waals surface area contributed by atoms with Crippen LogP contribution in [0.5, 0.6) is 5.75 Å². The second-order valence-corrected chi connectivity index (χ2v) is 6.21. The summed E-state index contributed by atoms with van der Waals surface area (Å²) in [6, 6.07) is 15.5. The van der Waals surface area contributed by atoms with Crippen LogP contribution in [0.3, 0.4) is 0 Å². The van der Waals surface area contributed by atoms with Crippen LogP contribution in [0.1, 0.15) is 10.4 Å². The molecule has 3 aromatic rings. The molecule has 0 saturated carbocycles. The predicted molar refractivity (Wildman–Crippen MR) is 105 cm³/mol. The molecule has 1 heterocycles. The van der Waals surface area contributed by atoms with E-state index in [1.807, 2.05) is 12.1 Å². The Kier molecular flexibility index (Phi) is 5.61. The van der Waals surface area contributed by atoms with Gasteiger partial charge in [-0.3, -0.25) is 4.79 Å². The van der Waals surface area contributed by atoms with Crippen LogP contribution in [0.15, 0.2) is 60.8 Å². The molecule has 0 aliphatic rings. The Hall–Kier alpha value is -2.76. The van der Waals surface area contributed by atoms with Crippen molar-refractivity contribution in [3.8, 4) is 5.75 Å². The molecule has 0 spiro atoms. The summed E-state index contributed by atoms with van der Waals surface area (Å²) >= 11 is 11.9. The van der Waals surface area contributed by atoms with Gasteiger partial charge in [-0.25, -0.2) is 4.98 Å². The molecule has 0 bridgehead atoms. The van der Waals surface area contributed by atoms with E-state index in [-0.39, 0.29) is 5.91 Å². The zero-order valence-electron chi connectivity index (χ0n) is 13.8. The Morgan fingerprint density at radius 2 is 1.73 bits per heavy atom. The molecule has 3 rings (SSSR count). The number of pyridine rings is 1. The molecule has 2 aromatic carbocycles. The fourth-order valence-electron chi connectivity index (χ4n) is 2.24. The lowest BCUT2D eigenvalue weighted by atomic mass is 10.2. The van der Waals surface area contributed by atoms with E-state index in [1.165, 1.54) is 0 Å². The van der Waals surface area contributed by atoms with Gasteiger partial charge in [0.25, 0.3) is 5.91 Å². The number of anilines is 3. The Labute approximate surface area is 160 Å². The maximum Gasteiger partial charge on any atom is 0.256 e. The first-order valence-electron chi connectivity index (χ1n) is 7.69. The van der Waals surface area contributed by atoms with Gasteiger partial charge < -0.3 is 15.4 Å². The second kappa shape index (κ2) is 8.08. The fraction of sp³-hybridized carbons (Fsp3) is 0.0526. The quantitative estimate of drug-likeness (QED) is 0.615. The van der Waals surface area contributed by atoms with Gasteiger partial charge in [-0.15, -0.1) is 0 Å². The Balaban J connectivity index is 1.65. The molecule has 0 atom stereocenters. The van der Waals surface area contributed by atoms with Crippen LogP contribution in [-0.4, -0.2) is 18.0 Å². The third kappa shape index (κ3) is 4.45. The summed E-state index contributed by atoms with van der Waals surface area (Å²) in [6.07, 6.45) is 1.62. The Bertz CT molecular complexity index is 913. The van der Waals surface area contributed by atoms with Crippen molar-refractivity contribution in [2.75, 3.05) is 17.7 Å². The van der Waals surface area contributed by atoms with Crippen molar-refractivity contribution in [3.63, 3.8) is 0 Å². The highest BCUT2D eigenvalue weighted by Gasteiger charge is 2.07. The molecule has 0 radical (unpaired) electrons. The lowest BCUT2D eigenvalue weighted by molar-refractivity contribution is 0.102. The molecule has 5 nitrogen and oxygen atoms in total. The minimum atomic E-state index is -0.253. The van der Waals surface area contributed by atoms with E-state index in [4.69, 9.17) is 27.9 Å². The van der Waals surface area contributed by atoms with Crippen molar-refractivity contribution in [1.29, 1.82) is 0 Å². The molecule has 1 aromatic heterocycles. The van der Waals surface area contributed by atoms with Gasteiger partial charge in [0.1, 0.15) is 11.6 Å². The van der Waals surface area contributed by atoms with Crippen LogP contribution >= 0.6 is 23.2 Å². The van der Waals surface area contributed by atoms with E-state index < -0.39 is 0 Å². The standard InChI is InChI=1S/C19H15Cl2N3O2/c1-26-17-8-6-14(10-16(17)21)23-15-7-9-18(22-11-15)24-19(25)12-2-4-13(20)5-3-12/h2-11,23H,1H3,(H,22,24,25). The van der Waals surface area contributed by atoms with Crippen LogP contribution in [0.25, 0.3) is 0 Å². The van der Waals surface area contributed by atoms with E-state index in [9.17, 15) is 4.79 Å². The fourth-order valence-corrected chi connectivity index (χ4v) is 2.63. The average Bonchev–Trinajstić information content (AvgIpc) is 2.64. The number of aromatic nitrogens is 1. The van der Waals surface area contributed by atoms with Crippen molar-refractivity contribution in [2.24, 2.45) is 0 Å². The SMILES string of the molecule is COc1ccc(Nc2ccc(NC(=O)c3ccc(Cl)cc3)nc2)cc1Cl. The van der Waals surface area contributed by atoms with Gasteiger partial charge in [0, 0.05) is 16.3 Å². The largest absolute Gasteiger partial charge is 0.495 e. The molecule has 1 amide bonds. The third-order valence-corrected chi connectivity index (χ3v) is 4.10. The molecular weight excluding hydrogens is 373 g/mol. The molecular formula is C19H15Cl2N3O2. The van der Waals surface area contributed by atoms with E-state index in [2.05, 4.69) is 15.6 Å². The number of hydrogen-bond acceptors (Lipinski definition) is 4. The van der Waals surface area contributed by atoms with Gasteiger partial charge in [0.15, 0.2) is 0 Å². The highest BCUT2D eigenvalue weighted by atomic mass is 35.5. The van der Waals surface area contributed by atoms with Crippen molar-refractivity contribution >= 4 is 46.3 Å². The van der Waals surface area contributed by atoms with Crippen molar-refractivity contribution < 1.29 is 9.53 Å². The Morgan fingerprint density at radius 3 is 2.35 bits per heavy atom. The normalized spacial score (nSPS) is 10.3.